The molecule has 2 aliphatic rings. The van der Waals surface area contributed by atoms with Gasteiger partial charge in [-0.05, 0) is 76.6 Å². The zero-order valence-electron chi connectivity index (χ0n) is 19.1. The molecule has 4 rings (SSSR count). The Hall–Kier alpha value is -2.44. The van der Waals surface area contributed by atoms with Crippen LogP contribution in [0.3, 0.4) is 0 Å². The van der Waals surface area contributed by atoms with Crippen LogP contribution in [0.2, 0.25) is 0 Å². The van der Waals surface area contributed by atoms with Crippen LogP contribution in [0.4, 0.5) is 5.69 Å². The van der Waals surface area contributed by atoms with Crippen LogP contribution in [0.15, 0.2) is 42.6 Å². The number of amides is 1. The summed E-state index contributed by atoms with van der Waals surface area (Å²) >= 11 is 0. The molecular weight excluding hydrogens is 386 g/mol. The molecule has 2 aromatic rings. The van der Waals surface area contributed by atoms with Gasteiger partial charge in [0, 0.05) is 54.6 Å². The topological polar surface area (TPSA) is 69.3 Å². The van der Waals surface area contributed by atoms with Gasteiger partial charge in [0.1, 0.15) is 0 Å². The molecule has 0 radical (unpaired) electrons. The van der Waals surface area contributed by atoms with Crippen molar-refractivity contribution in [2.75, 3.05) is 25.0 Å². The van der Waals surface area contributed by atoms with Gasteiger partial charge in [-0.1, -0.05) is 6.07 Å². The Kier molecular flexibility index (Phi) is 6.58. The highest BCUT2D eigenvalue weighted by molar-refractivity contribution is 5.95. The fraction of sp³-hybridized carbons (Fsp3) is 0.520. The Morgan fingerprint density at radius 3 is 2.68 bits per heavy atom. The molecule has 3 N–H and O–H groups in total. The van der Waals surface area contributed by atoms with Gasteiger partial charge in [-0.2, -0.15) is 0 Å². The molecule has 0 spiro atoms. The average molecular weight is 422 g/mol. The first-order chi connectivity index (χ1) is 15.0. The Bertz CT molecular complexity index is 890. The van der Waals surface area contributed by atoms with E-state index in [0.717, 1.165) is 36.5 Å². The first-order valence-electron chi connectivity index (χ1n) is 11.5. The van der Waals surface area contributed by atoms with Gasteiger partial charge in [0.15, 0.2) is 0 Å². The third kappa shape index (κ3) is 4.60. The highest BCUT2D eigenvalue weighted by Gasteiger charge is 2.41. The second-order valence-corrected chi connectivity index (χ2v) is 9.24. The normalized spacial score (nSPS) is 22.4. The maximum Gasteiger partial charge on any atom is 0.251 e. The lowest BCUT2D eigenvalue weighted by atomic mass is 9.81. The Labute approximate surface area is 185 Å². The highest BCUT2D eigenvalue weighted by Crippen LogP contribution is 2.46. The third-order valence-corrected chi connectivity index (χ3v) is 6.65. The smallest absolute Gasteiger partial charge is 0.251 e. The second kappa shape index (κ2) is 9.37. The Morgan fingerprint density at radius 2 is 1.97 bits per heavy atom. The van der Waals surface area contributed by atoms with Crippen LogP contribution >= 0.6 is 0 Å². The third-order valence-electron chi connectivity index (χ3n) is 6.65. The van der Waals surface area contributed by atoms with E-state index in [9.17, 15) is 4.79 Å². The molecule has 1 aromatic heterocycles. The molecule has 0 aliphatic carbocycles. The summed E-state index contributed by atoms with van der Waals surface area (Å²) in [7, 11) is 0. The van der Waals surface area contributed by atoms with E-state index >= 15 is 0 Å². The van der Waals surface area contributed by atoms with Gasteiger partial charge in [-0.25, -0.2) is 0 Å². The van der Waals surface area contributed by atoms with Gasteiger partial charge in [0.2, 0.25) is 0 Å². The van der Waals surface area contributed by atoms with Crippen molar-refractivity contribution >= 4 is 11.6 Å². The summed E-state index contributed by atoms with van der Waals surface area (Å²) in [5, 5.41) is 10.5. The summed E-state index contributed by atoms with van der Waals surface area (Å²) in [5.41, 5.74) is 4.08. The quantitative estimate of drug-likeness (QED) is 0.635. The molecule has 1 aromatic carbocycles. The van der Waals surface area contributed by atoms with Gasteiger partial charge in [-0.3, -0.25) is 14.7 Å². The molecule has 0 bridgehead atoms. The van der Waals surface area contributed by atoms with E-state index in [0.29, 0.717) is 24.5 Å². The van der Waals surface area contributed by atoms with E-state index in [4.69, 9.17) is 0 Å². The van der Waals surface area contributed by atoms with Crippen molar-refractivity contribution in [2.24, 2.45) is 5.92 Å². The van der Waals surface area contributed by atoms with Crippen molar-refractivity contribution < 1.29 is 4.79 Å². The number of benzene rings is 1. The van der Waals surface area contributed by atoms with E-state index in [1.54, 1.807) is 0 Å². The van der Waals surface area contributed by atoms with Crippen molar-refractivity contribution in [3.63, 3.8) is 0 Å². The Balaban J connectivity index is 1.48. The molecule has 3 heterocycles. The zero-order valence-corrected chi connectivity index (χ0v) is 19.1. The van der Waals surface area contributed by atoms with Gasteiger partial charge in [0.25, 0.3) is 5.91 Å². The average Bonchev–Trinajstić information content (AvgIpc) is 3.26. The summed E-state index contributed by atoms with van der Waals surface area (Å²) in [6.07, 6.45) is 2.95. The molecule has 6 nitrogen and oxygen atoms in total. The first kappa shape index (κ1) is 21.8. The highest BCUT2D eigenvalue weighted by atomic mass is 16.1. The van der Waals surface area contributed by atoms with E-state index < -0.39 is 0 Å². The summed E-state index contributed by atoms with van der Waals surface area (Å²) in [5.74, 6) is 0.419. The molecule has 1 fully saturated rings. The molecule has 3 atom stereocenters. The number of hydrogen-bond donors (Lipinski definition) is 3. The van der Waals surface area contributed by atoms with Crippen LogP contribution in [0.5, 0.6) is 0 Å². The summed E-state index contributed by atoms with van der Waals surface area (Å²) < 4.78 is 0. The van der Waals surface area contributed by atoms with Crippen molar-refractivity contribution in [3.05, 3.63) is 59.4 Å². The minimum Gasteiger partial charge on any atom is -0.376 e. The minimum absolute atomic E-state index is 0.00309. The van der Waals surface area contributed by atoms with Gasteiger partial charge in [0.05, 0.1) is 11.7 Å². The monoisotopic (exact) mass is 421 g/mol. The molecule has 166 valence electrons. The van der Waals surface area contributed by atoms with Crippen LogP contribution in [0, 0.1) is 5.92 Å². The lowest BCUT2D eigenvalue weighted by Gasteiger charge is -2.37. The molecule has 0 saturated carbocycles. The predicted molar refractivity (Wildman–Crippen MR) is 125 cm³/mol. The van der Waals surface area contributed by atoms with E-state index in [1.807, 2.05) is 30.5 Å². The van der Waals surface area contributed by atoms with Crippen molar-refractivity contribution in [3.8, 4) is 0 Å². The molecular formula is C25H35N5O. The summed E-state index contributed by atoms with van der Waals surface area (Å²) in [6, 6.07) is 13.5. The SMILES string of the molecule is CC(C)N(CCNC(=O)c1ccc2c(c1)[C@H]1NCC[C@H]1C(c1ccccn1)N2)C(C)C. The van der Waals surface area contributed by atoms with Crippen LogP contribution < -0.4 is 16.0 Å². The number of nitrogens with zero attached hydrogens (tertiary/aromatic N) is 2. The molecule has 1 amide bonds. The number of rotatable bonds is 7. The van der Waals surface area contributed by atoms with Crippen molar-refractivity contribution in [1.82, 2.24) is 20.5 Å². The Morgan fingerprint density at radius 1 is 1.16 bits per heavy atom. The maximum atomic E-state index is 12.8. The minimum atomic E-state index is -0.00309. The maximum absolute atomic E-state index is 12.8. The number of anilines is 1. The van der Waals surface area contributed by atoms with E-state index in [2.05, 4.69) is 65.7 Å². The van der Waals surface area contributed by atoms with Gasteiger partial charge >= 0.3 is 0 Å². The molecule has 1 saturated heterocycles. The summed E-state index contributed by atoms with van der Waals surface area (Å²) in [4.78, 5) is 19.8. The summed E-state index contributed by atoms with van der Waals surface area (Å²) in [6.45, 7) is 11.3. The number of nitrogens with one attached hydrogen (secondary N) is 3. The van der Waals surface area contributed by atoms with Gasteiger partial charge in [-0.15, -0.1) is 0 Å². The molecule has 1 unspecified atom stereocenters. The predicted octanol–water partition coefficient (Wildman–Crippen LogP) is 3.75. The second-order valence-electron chi connectivity index (χ2n) is 9.24. The lowest BCUT2D eigenvalue weighted by molar-refractivity contribution is 0.0939. The number of hydrogen-bond acceptors (Lipinski definition) is 5. The number of fused-ring (bicyclic) bond motifs is 3. The standard InChI is InChI=1S/C25H35N5O/c1-16(2)30(17(3)4)14-13-28-25(31)18-8-9-21-20(15-18)23-19(10-12-27-23)24(29-21)22-7-5-6-11-26-22/h5-9,11,15-17,19,23-24,27,29H,10,12-14H2,1-4H3,(H,28,31)/t19-,23+,24?/m1/s1. The fourth-order valence-corrected chi connectivity index (χ4v) is 5.16. The van der Waals surface area contributed by atoms with Crippen molar-refractivity contribution in [2.45, 2.75) is 58.3 Å². The lowest BCUT2D eigenvalue weighted by Crippen LogP contribution is -2.42. The number of carbonyl (C=O) groups excluding carboxylic acids is 1. The largest absolute Gasteiger partial charge is 0.376 e. The molecule has 31 heavy (non-hydrogen) atoms. The van der Waals surface area contributed by atoms with E-state index in [-0.39, 0.29) is 18.0 Å². The van der Waals surface area contributed by atoms with Crippen molar-refractivity contribution in [1.29, 1.82) is 0 Å². The van der Waals surface area contributed by atoms with Crippen LogP contribution in [0.25, 0.3) is 0 Å². The van der Waals surface area contributed by atoms with E-state index in [1.165, 1.54) is 5.56 Å². The zero-order chi connectivity index (χ0) is 22.0. The number of carbonyl (C=O) groups is 1. The number of pyridine rings is 1. The fourth-order valence-electron chi connectivity index (χ4n) is 5.16. The van der Waals surface area contributed by atoms with Crippen LogP contribution in [0.1, 0.15) is 67.8 Å². The van der Waals surface area contributed by atoms with Crippen LogP contribution in [-0.4, -0.2) is 47.5 Å². The van der Waals surface area contributed by atoms with Gasteiger partial charge < -0.3 is 16.0 Å². The first-order valence-corrected chi connectivity index (χ1v) is 11.5. The number of aromatic nitrogens is 1. The molecule has 6 heteroatoms. The molecule has 2 aliphatic heterocycles. The van der Waals surface area contributed by atoms with Crippen LogP contribution in [-0.2, 0) is 0 Å².